The fourth-order valence-corrected chi connectivity index (χ4v) is 2.93. The summed E-state index contributed by atoms with van der Waals surface area (Å²) in [4.78, 5) is 8.26. The largest absolute Gasteiger partial charge is 0.494 e. The highest BCUT2D eigenvalue weighted by Crippen LogP contribution is 2.28. The number of nitrogens with one attached hydrogen (secondary N) is 1. The molecule has 0 fully saturated rings. The Morgan fingerprint density at radius 1 is 1.30 bits per heavy atom. The van der Waals surface area contributed by atoms with E-state index in [-0.39, 0.29) is 0 Å². The van der Waals surface area contributed by atoms with Crippen LogP contribution in [0.1, 0.15) is 12.5 Å². The SMILES string of the molecule is CCOc1cccc(/C=C(\C#N)Sc2nc3ccccc3[nH]2)c1. The molecular formula is C18H15N3OS. The van der Waals surface area contributed by atoms with Gasteiger partial charge >= 0.3 is 0 Å². The van der Waals surface area contributed by atoms with Crippen molar-refractivity contribution in [2.24, 2.45) is 0 Å². The van der Waals surface area contributed by atoms with Gasteiger partial charge in [0.25, 0.3) is 0 Å². The lowest BCUT2D eigenvalue weighted by atomic mass is 10.2. The molecule has 0 atom stereocenters. The normalized spacial score (nSPS) is 11.4. The highest BCUT2D eigenvalue weighted by molar-refractivity contribution is 8.03. The molecule has 0 saturated carbocycles. The summed E-state index contributed by atoms with van der Waals surface area (Å²) in [7, 11) is 0. The fraction of sp³-hybridized carbons (Fsp3) is 0.111. The van der Waals surface area contributed by atoms with Gasteiger partial charge < -0.3 is 9.72 Å². The van der Waals surface area contributed by atoms with Crippen molar-refractivity contribution < 1.29 is 4.74 Å². The summed E-state index contributed by atoms with van der Waals surface area (Å²) in [5.74, 6) is 0.798. The molecule has 4 nitrogen and oxygen atoms in total. The average molecular weight is 321 g/mol. The lowest BCUT2D eigenvalue weighted by Gasteiger charge is -2.03. The van der Waals surface area contributed by atoms with Gasteiger partial charge in [0.1, 0.15) is 11.8 Å². The lowest BCUT2D eigenvalue weighted by Crippen LogP contribution is -1.91. The number of aromatic amines is 1. The van der Waals surface area contributed by atoms with Gasteiger partial charge in [-0.1, -0.05) is 24.3 Å². The third-order valence-electron chi connectivity index (χ3n) is 3.15. The number of aromatic nitrogens is 2. The van der Waals surface area contributed by atoms with E-state index in [1.54, 1.807) is 0 Å². The molecule has 0 radical (unpaired) electrons. The lowest BCUT2D eigenvalue weighted by molar-refractivity contribution is 0.340. The van der Waals surface area contributed by atoms with Crippen molar-refractivity contribution >= 4 is 28.9 Å². The van der Waals surface area contributed by atoms with E-state index < -0.39 is 0 Å². The van der Waals surface area contributed by atoms with E-state index in [0.29, 0.717) is 16.7 Å². The van der Waals surface area contributed by atoms with Crippen LogP contribution in [-0.4, -0.2) is 16.6 Å². The summed E-state index contributed by atoms with van der Waals surface area (Å²) in [6.45, 7) is 2.56. The van der Waals surface area contributed by atoms with Gasteiger partial charge in [-0.15, -0.1) is 0 Å². The predicted molar refractivity (Wildman–Crippen MR) is 93.2 cm³/mol. The molecule has 1 heterocycles. The van der Waals surface area contributed by atoms with E-state index in [9.17, 15) is 5.26 Å². The molecule has 0 amide bonds. The summed E-state index contributed by atoms with van der Waals surface area (Å²) >= 11 is 1.32. The maximum Gasteiger partial charge on any atom is 0.171 e. The number of benzene rings is 2. The van der Waals surface area contributed by atoms with Gasteiger partial charge in [0.05, 0.1) is 22.5 Å². The molecule has 0 bridgehead atoms. The fourth-order valence-electron chi connectivity index (χ4n) is 2.18. The standard InChI is InChI=1S/C18H15N3OS/c1-2-22-14-7-5-6-13(10-14)11-15(12-19)23-18-20-16-8-3-4-9-17(16)21-18/h3-11H,2H2,1H3,(H,20,21)/b15-11+. The third kappa shape index (κ3) is 3.74. The van der Waals surface area contributed by atoms with Gasteiger partial charge in [-0.2, -0.15) is 5.26 Å². The second-order valence-electron chi connectivity index (χ2n) is 4.79. The van der Waals surface area contributed by atoms with Crippen LogP contribution in [0.15, 0.2) is 58.6 Å². The minimum absolute atomic E-state index is 0.567. The first-order valence-electron chi connectivity index (χ1n) is 7.26. The molecule has 3 aromatic rings. The number of para-hydroxylation sites is 2. The van der Waals surface area contributed by atoms with Gasteiger partial charge in [-0.25, -0.2) is 4.98 Å². The van der Waals surface area contributed by atoms with Crippen LogP contribution in [0.2, 0.25) is 0 Å². The highest BCUT2D eigenvalue weighted by Gasteiger charge is 2.06. The van der Waals surface area contributed by atoms with Gasteiger partial charge in [0, 0.05) is 0 Å². The van der Waals surface area contributed by atoms with E-state index in [2.05, 4.69) is 16.0 Å². The molecule has 3 rings (SSSR count). The van der Waals surface area contributed by atoms with E-state index >= 15 is 0 Å². The molecule has 0 spiro atoms. The van der Waals surface area contributed by atoms with Crippen LogP contribution in [0.4, 0.5) is 0 Å². The molecule has 23 heavy (non-hydrogen) atoms. The quantitative estimate of drug-likeness (QED) is 0.550. The van der Waals surface area contributed by atoms with Crippen LogP contribution >= 0.6 is 11.8 Å². The Balaban J connectivity index is 1.84. The summed E-state index contributed by atoms with van der Waals surface area (Å²) in [6, 6.07) is 17.7. The number of fused-ring (bicyclic) bond motifs is 1. The number of allylic oxidation sites excluding steroid dienone is 1. The van der Waals surface area contributed by atoms with E-state index in [0.717, 1.165) is 22.3 Å². The molecule has 0 aliphatic carbocycles. The summed E-state index contributed by atoms with van der Waals surface area (Å²) in [5.41, 5.74) is 2.78. The summed E-state index contributed by atoms with van der Waals surface area (Å²) in [6.07, 6.45) is 1.83. The average Bonchev–Trinajstić information content (AvgIpc) is 2.97. The number of hydrogen-bond donors (Lipinski definition) is 1. The molecule has 5 heteroatoms. The second kappa shape index (κ2) is 7.03. The number of H-pyrrole nitrogens is 1. The van der Waals surface area contributed by atoms with E-state index in [1.165, 1.54) is 11.8 Å². The van der Waals surface area contributed by atoms with Gasteiger partial charge in [0.2, 0.25) is 0 Å². The second-order valence-corrected chi connectivity index (χ2v) is 5.82. The topological polar surface area (TPSA) is 61.7 Å². The molecule has 0 saturated heterocycles. The molecule has 0 unspecified atom stereocenters. The Morgan fingerprint density at radius 2 is 2.17 bits per heavy atom. The Bertz CT molecular complexity index is 859. The van der Waals surface area contributed by atoms with Crippen molar-refractivity contribution in [3.63, 3.8) is 0 Å². The number of nitriles is 1. The van der Waals surface area contributed by atoms with Crippen molar-refractivity contribution in [2.45, 2.75) is 12.1 Å². The van der Waals surface area contributed by atoms with Crippen molar-refractivity contribution in [2.75, 3.05) is 6.61 Å². The molecule has 0 aliphatic heterocycles. The Labute approximate surface area is 138 Å². The zero-order valence-electron chi connectivity index (χ0n) is 12.6. The molecule has 0 aliphatic rings. The van der Waals surface area contributed by atoms with Crippen molar-refractivity contribution in [1.82, 2.24) is 9.97 Å². The maximum absolute atomic E-state index is 9.38. The number of rotatable bonds is 5. The zero-order chi connectivity index (χ0) is 16.1. The van der Waals surface area contributed by atoms with Crippen molar-refractivity contribution in [1.29, 1.82) is 5.26 Å². The van der Waals surface area contributed by atoms with Crippen LogP contribution in [0.25, 0.3) is 17.1 Å². The van der Waals surface area contributed by atoms with Crippen LogP contribution < -0.4 is 4.74 Å². The van der Waals surface area contributed by atoms with Crippen LogP contribution in [0.5, 0.6) is 5.75 Å². The van der Waals surface area contributed by atoms with E-state index in [4.69, 9.17) is 4.74 Å². The van der Waals surface area contributed by atoms with Gasteiger partial charge in [-0.3, -0.25) is 0 Å². The van der Waals surface area contributed by atoms with Gasteiger partial charge in [0.15, 0.2) is 5.16 Å². The molecule has 114 valence electrons. The number of imidazole rings is 1. The third-order valence-corrected chi connectivity index (χ3v) is 3.97. The smallest absolute Gasteiger partial charge is 0.171 e. The molecule has 1 N–H and O–H groups in total. The molecule has 2 aromatic carbocycles. The number of ether oxygens (including phenoxy) is 1. The number of nitrogens with zero attached hydrogens (tertiary/aromatic N) is 2. The molecular weight excluding hydrogens is 306 g/mol. The predicted octanol–water partition coefficient (Wildman–Crippen LogP) is 4.62. The van der Waals surface area contributed by atoms with Crippen LogP contribution in [-0.2, 0) is 0 Å². The Kier molecular flexibility index (Phi) is 4.65. The highest BCUT2D eigenvalue weighted by atomic mass is 32.2. The maximum atomic E-state index is 9.38. The monoisotopic (exact) mass is 321 g/mol. The minimum atomic E-state index is 0.567. The van der Waals surface area contributed by atoms with Crippen molar-refractivity contribution in [3.05, 3.63) is 59.0 Å². The Hall–Kier alpha value is -2.71. The Morgan fingerprint density at radius 3 is 2.96 bits per heavy atom. The van der Waals surface area contributed by atoms with Gasteiger partial charge in [-0.05, 0) is 54.6 Å². The van der Waals surface area contributed by atoms with Crippen molar-refractivity contribution in [3.8, 4) is 11.8 Å². The zero-order valence-corrected chi connectivity index (χ0v) is 13.4. The molecule has 1 aromatic heterocycles. The first kappa shape index (κ1) is 15.2. The van der Waals surface area contributed by atoms with E-state index in [1.807, 2.05) is 61.5 Å². The first-order valence-corrected chi connectivity index (χ1v) is 8.07. The summed E-state index contributed by atoms with van der Waals surface area (Å²) in [5, 5.41) is 10.1. The number of hydrogen-bond acceptors (Lipinski definition) is 4. The van der Waals surface area contributed by atoms with Crippen LogP contribution in [0.3, 0.4) is 0 Å². The minimum Gasteiger partial charge on any atom is -0.494 e. The first-order chi connectivity index (χ1) is 11.3. The number of thioether (sulfide) groups is 1. The van der Waals surface area contributed by atoms with Crippen LogP contribution in [0, 0.1) is 11.3 Å². The summed E-state index contributed by atoms with van der Waals surface area (Å²) < 4.78 is 5.48.